The average Bonchev–Trinajstić information content (AvgIpc) is 3.00. The van der Waals surface area contributed by atoms with E-state index in [1.54, 1.807) is 0 Å². The normalized spacial score (nSPS) is 22.5. The zero-order valence-electron chi connectivity index (χ0n) is 11.8. The van der Waals surface area contributed by atoms with Gasteiger partial charge in [0, 0.05) is 6.04 Å². The Morgan fingerprint density at radius 3 is 2.62 bits per heavy atom. The minimum Gasteiger partial charge on any atom is -0.465 e. The lowest BCUT2D eigenvalue weighted by atomic mass is 9.93. The molecule has 1 amide bonds. The summed E-state index contributed by atoms with van der Waals surface area (Å²) in [6.45, 7) is 0.810. The van der Waals surface area contributed by atoms with Crippen molar-refractivity contribution in [3.8, 4) is 0 Å². The van der Waals surface area contributed by atoms with Crippen molar-refractivity contribution in [3.05, 3.63) is 35.9 Å². The lowest BCUT2D eigenvalue weighted by Crippen LogP contribution is -2.54. The SMILES string of the molecule is O=C(O)N[C@@H](Cc1ccccc1)[C@H](O)[C@@H](O)[C@@H]1CCCN1. The average molecular weight is 294 g/mol. The van der Waals surface area contributed by atoms with E-state index >= 15 is 0 Å². The van der Waals surface area contributed by atoms with E-state index in [2.05, 4.69) is 10.6 Å². The van der Waals surface area contributed by atoms with E-state index in [9.17, 15) is 15.0 Å². The van der Waals surface area contributed by atoms with Crippen LogP contribution in [0.4, 0.5) is 4.79 Å². The van der Waals surface area contributed by atoms with Crippen molar-refractivity contribution in [1.29, 1.82) is 0 Å². The van der Waals surface area contributed by atoms with Crippen LogP contribution in [0.2, 0.25) is 0 Å². The summed E-state index contributed by atoms with van der Waals surface area (Å²) in [6, 6.07) is 8.38. The third-order valence-electron chi connectivity index (χ3n) is 3.88. The molecular weight excluding hydrogens is 272 g/mol. The topological polar surface area (TPSA) is 102 Å². The predicted octanol–water partition coefficient (Wildman–Crippen LogP) is 0.339. The monoisotopic (exact) mass is 294 g/mol. The van der Waals surface area contributed by atoms with E-state index in [0.717, 1.165) is 24.9 Å². The van der Waals surface area contributed by atoms with E-state index in [-0.39, 0.29) is 6.04 Å². The van der Waals surface area contributed by atoms with Crippen LogP contribution in [-0.4, -0.2) is 52.2 Å². The second-order valence-corrected chi connectivity index (χ2v) is 5.43. The summed E-state index contributed by atoms with van der Waals surface area (Å²) < 4.78 is 0. The summed E-state index contributed by atoms with van der Waals surface area (Å²) in [6.07, 6.45) is -1.29. The van der Waals surface area contributed by atoms with Crippen LogP contribution < -0.4 is 10.6 Å². The molecule has 1 aromatic rings. The molecule has 1 aliphatic rings. The molecule has 116 valence electrons. The molecule has 1 aromatic carbocycles. The first-order valence-electron chi connectivity index (χ1n) is 7.21. The minimum absolute atomic E-state index is 0.186. The van der Waals surface area contributed by atoms with E-state index in [1.807, 2.05) is 30.3 Å². The molecule has 6 nitrogen and oxygen atoms in total. The Balaban J connectivity index is 2.05. The lowest BCUT2D eigenvalue weighted by Gasteiger charge is -2.30. The standard InChI is InChI=1S/C15H22N2O4/c18-13(11-7-4-8-16-11)14(19)12(17-15(20)21)9-10-5-2-1-3-6-10/h1-3,5-6,11-14,16-19H,4,7-9H2,(H,20,21)/t11-,12-,13-,14-/m0/s1. The lowest BCUT2D eigenvalue weighted by molar-refractivity contribution is -0.0196. The molecular formula is C15H22N2O4. The van der Waals surface area contributed by atoms with Gasteiger partial charge in [-0.05, 0) is 31.4 Å². The highest BCUT2D eigenvalue weighted by Crippen LogP contribution is 2.16. The molecule has 1 saturated heterocycles. The van der Waals surface area contributed by atoms with Gasteiger partial charge in [0.15, 0.2) is 0 Å². The van der Waals surface area contributed by atoms with Crippen molar-refractivity contribution < 1.29 is 20.1 Å². The number of carbonyl (C=O) groups is 1. The summed E-state index contributed by atoms with van der Waals surface area (Å²) in [5, 5.41) is 34.9. The predicted molar refractivity (Wildman–Crippen MR) is 78.1 cm³/mol. The molecule has 2 rings (SSSR count). The smallest absolute Gasteiger partial charge is 0.404 e. The second kappa shape index (κ2) is 7.40. The Kier molecular flexibility index (Phi) is 5.55. The summed E-state index contributed by atoms with van der Waals surface area (Å²) in [4.78, 5) is 10.9. The largest absolute Gasteiger partial charge is 0.465 e. The molecule has 1 heterocycles. The fourth-order valence-corrected chi connectivity index (χ4v) is 2.76. The minimum atomic E-state index is -1.21. The Labute approximate surface area is 123 Å². The van der Waals surface area contributed by atoms with Gasteiger partial charge < -0.3 is 26.0 Å². The highest BCUT2D eigenvalue weighted by Gasteiger charge is 2.34. The number of carboxylic acid groups (broad SMARTS) is 1. The number of rotatable bonds is 6. The quantitative estimate of drug-likeness (QED) is 0.521. The van der Waals surface area contributed by atoms with Crippen molar-refractivity contribution in [1.82, 2.24) is 10.6 Å². The third kappa shape index (κ3) is 4.42. The summed E-state index contributed by atoms with van der Waals surface area (Å²) >= 11 is 0. The number of amides is 1. The molecule has 0 spiro atoms. The number of aliphatic hydroxyl groups is 2. The highest BCUT2D eigenvalue weighted by atomic mass is 16.4. The van der Waals surface area contributed by atoms with Crippen LogP contribution in [0.15, 0.2) is 30.3 Å². The molecule has 0 bridgehead atoms. The molecule has 1 fully saturated rings. The van der Waals surface area contributed by atoms with E-state index < -0.39 is 24.3 Å². The maximum Gasteiger partial charge on any atom is 0.404 e. The molecule has 0 saturated carbocycles. The first kappa shape index (κ1) is 15.8. The zero-order chi connectivity index (χ0) is 15.2. The van der Waals surface area contributed by atoms with Crippen LogP contribution in [0.25, 0.3) is 0 Å². The summed E-state index contributed by atoms with van der Waals surface area (Å²) in [5.41, 5.74) is 0.905. The van der Waals surface area contributed by atoms with Crippen LogP contribution >= 0.6 is 0 Å². The zero-order valence-corrected chi connectivity index (χ0v) is 11.8. The Bertz CT molecular complexity index is 448. The van der Waals surface area contributed by atoms with Crippen LogP contribution in [0, 0.1) is 0 Å². The van der Waals surface area contributed by atoms with Gasteiger partial charge in [-0.25, -0.2) is 4.79 Å². The molecule has 5 N–H and O–H groups in total. The molecule has 1 aliphatic heterocycles. The third-order valence-corrected chi connectivity index (χ3v) is 3.88. The molecule has 21 heavy (non-hydrogen) atoms. The number of nitrogens with one attached hydrogen (secondary N) is 2. The van der Waals surface area contributed by atoms with Gasteiger partial charge in [-0.15, -0.1) is 0 Å². The first-order valence-corrected chi connectivity index (χ1v) is 7.21. The molecule has 0 aliphatic carbocycles. The fourth-order valence-electron chi connectivity index (χ4n) is 2.76. The maximum atomic E-state index is 10.9. The van der Waals surface area contributed by atoms with Crippen LogP contribution in [-0.2, 0) is 6.42 Å². The van der Waals surface area contributed by atoms with Crippen molar-refractivity contribution in [2.45, 2.75) is 43.6 Å². The van der Waals surface area contributed by atoms with Gasteiger partial charge in [-0.1, -0.05) is 30.3 Å². The van der Waals surface area contributed by atoms with E-state index in [4.69, 9.17) is 5.11 Å². The van der Waals surface area contributed by atoms with Gasteiger partial charge in [0.05, 0.1) is 12.1 Å². The van der Waals surface area contributed by atoms with Crippen molar-refractivity contribution in [2.75, 3.05) is 6.54 Å². The van der Waals surface area contributed by atoms with Gasteiger partial charge in [0.1, 0.15) is 6.10 Å². The van der Waals surface area contributed by atoms with Crippen molar-refractivity contribution >= 4 is 6.09 Å². The molecule has 0 unspecified atom stereocenters. The van der Waals surface area contributed by atoms with Gasteiger partial charge in [0.25, 0.3) is 0 Å². The van der Waals surface area contributed by atoms with Gasteiger partial charge in [-0.3, -0.25) is 0 Å². The van der Waals surface area contributed by atoms with Gasteiger partial charge in [-0.2, -0.15) is 0 Å². The number of benzene rings is 1. The van der Waals surface area contributed by atoms with Crippen LogP contribution in [0.1, 0.15) is 18.4 Å². The Hall–Kier alpha value is -1.63. The Morgan fingerprint density at radius 2 is 2.05 bits per heavy atom. The Morgan fingerprint density at radius 1 is 1.33 bits per heavy atom. The summed E-state index contributed by atoms with van der Waals surface area (Å²) in [7, 11) is 0. The summed E-state index contributed by atoms with van der Waals surface area (Å²) in [5.74, 6) is 0. The number of hydrogen-bond acceptors (Lipinski definition) is 4. The molecule has 0 aromatic heterocycles. The number of aliphatic hydroxyl groups excluding tert-OH is 2. The molecule has 4 atom stereocenters. The maximum absolute atomic E-state index is 10.9. The first-order chi connectivity index (χ1) is 10.1. The van der Waals surface area contributed by atoms with E-state index in [1.165, 1.54) is 0 Å². The highest BCUT2D eigenvalue weighted by molar-refractivity contribution is 5.65. The molecule has 0 radical (unpaired) electrons. The number of hydrogen-bond donors (Lipinski definition) is 5. The fraction of sp³-hybridized carbons (Fsp3) is 0.533. The van der Waals surface area contributed by atoms with Crippen LogP contribution in [0.3, 0.4) is 0 Å². The van der Waals surface area contributed by atoms with Crippen LogP contribution in [0.5, 0.6) is 0 Å². The molecule has 6 heteroatoms. The van der Waals surface area contributed by atoms with Gasteiger partial charge >= 0.3 is 6.09 Å². The van der Waals surface area contributed by atoms with Crippen molar-refractivity contribution in [2.24, 2.45) is 0 Å². The van der Waals surface area contributed by atoms with Crippen molar-refractivity contribution in [3.63, 3.8) is 0 Å². The van der Waals surface area contributed by atoms with Gasteiger partial charge in [0.2, 0.25) is 0 Å². The van der Waals surface area contributed by atoms with E-state index in [0.29, 0.717) is 6.42 Å². The second-order valence-electron chi connectivity index (χ2n) is 5.43.